The van der Waals surface area contributed by atoms with E-state index in [0.29, 0.717) is 43.5 Å². The molecule has 0 bridgehead atoms. The van der Waals surface area contributed by atoms with Crippen molar-refractivity contribution in [3.8, 4) is 11.5 Å². The van der Waals surface area contributed by atoms with Gasteiger partial charge in [0.1, 0.15) is 11.5 Å². The van der Waals surface area contributed by atoms with Gasteiger partial charge in [-0.2, -0.15) is 13.2 Å². The van der Waals surface area contributed by atoms with Crippen LogP contribution in [0.15, 0.2) is 42.5 Å². The highest BCUT2D eigenvalue weighted by Crippen LogP contribution is 2.32. The average Bonchev–Trinajstić information content (AvgIpc) is 2.80. The molecule has 0 aliphatic carbocycles. The van der Waals surface area contributed by atoms with Gasteiger partial charge in [-0.1, -0.05) is 12.1 Å². The lowest BCUT2D eigenvalue weighted by Gasteiger charge is -2.34. The molecule has 34 heavy (non-hydrogen) atoms. The number of halogens is 3. The van der Waals surface area contributed by atoms with Crippen molar-refractivity contribution in [3.63, 3.8) is 0 Å². The van der Waals surface area contributed by atoms with Crippen molar-refractivity contribution < 1.29 is 32.2 Å². The van der Waals surface area contributed by atoms with Gasteiger partial charge < -0.3 is 19.7 Å². The van der Waals surface area contributed by atoms with Gasteiger partial charge in [0.15, 0.2) is 0 Å². The Labute approximate surface area is 196 Å². The third kappa shape index (κ3) is 6.40. The lowest BCUT2D eigenvalue weighted by molar-refractivity contribution is -0.138. The third-order valence-electron chi connectivity index (χ3n) is 5.33. The first-order valence-corrected chi connectivity index (χ1v) is 11.1. The normalized spacial score (nSPS) is 14.6. The molecular weight excluding hydrogens is 451 g/mol. The molecule has 0 atom stereocenters. The van der Waals surface area contributed by atoms with Gasteiger partial charge in [0, 0.05) is 32.2 Å². The topological polar surface area (TPSA) is 71.1 Å². The number of benzene rings is 2. The highest BCUT2D eigenvalue weighted by molar-refractivity contribution is 5.96. The molecule has 1 aliphatic heterocycles. The summed E-state index contributed by atoms with van der Waals surface area (Å²) in [7, 11) is 0. The molecule has 184 valence electrons. The van der Waals surface area contributed by atoms with Crippen LogP contribution in [0.4, 0.5) is 18.9 Å². The van der Waals surface area contributed by atoms with E-state index in [2.05, 4.69) is 5.32 Å². The largest absolute Gasteiger partial charge is 0.494 e. The maximum absolute atomic E-state index is 13.3. The van der Waals surface area contributed by atoms with Crippen molar-refractivity contribution >= 4 is 17.5 Å². The summed E-state index contributed by atoms with van der Waals surface area (Å²) in [6.07, 6.45) is -4.61. The Hall–Kier alpha value is -3.27. The molecule has 0 spiro atoms. The maximum Gasteiger partial charge on any atom is 0.417 e. The van der Waals surface area contributed by atoms with E-state index >= 15 is 0 Å². The molecule has 10 heteroatoms. The van der Waals surface area contributed by atoms with Crippen molar-refractivity contribution in [2.24, 2.45) is 0 Å². The molecule has 2 aromatic rings. The van der Waals surface area contributed by atoms with Crippen LogP contribution in [0.1, 0.15) is 29.8 Å². The quantitative estimate of drug-likeness (QED) is 0.622. The molecule has 0 radical (unpaired) electrons. The summed E-state index contributed by atoms with van der Waals surface area (Å²) in [4.78, 5) is 28.6. The monoisotopic (exact) mass is 479 g/mol. The standard InChI is InChI=1S/C24H28F3N3O4/c1-3-33-17-9-10-21(34-4-2)20(15-17)28-22(31)16-29-11-13-30(14-12-29)23(32)18-7-5-6-8-19(18)24(25,26)27/h5-10,15H,3-4,11-14,16H2,1-2H3,(H,28,31). The SMILES string of the molecule is CCOc1ccc(OCC)c(NC(=O)CN2CCN(C(=O)c3ccccc3C(F)(F)F)CC2)c1. The van der Waals surface area contributed by atoms with Gasteiger partial charge in [-0.05, 0) is 38.1 Å². The molecule has 3 rings (SSSR count). The summed E-state index contributed by atoms with van der Waals surface area (Å²) < 4.78 is 50.8. The van der Waals surface area contributed by atoms with Crippen molar-refractivity contribution in [1.29, 1.82) is 0 Å². The molecule has 1 heterocycles. The van der Waals surface area contributed by atoms with Crippen LogP contribution in [0.2, 0.25) is 0 Å². The fourth-order valence-corrected chi connectivity index (χ4v) is 3.73. The predicted octanol–water partition coefficient (Wildman–Crippen LogP) is 3.90. The molecule has 2 amide bonds. The molecular formula is C24H28F3N3O4. The Morgan fingerprint density at radius 2 is 1.65 bits per heavy atom. The van der Waals surface area contributed by atoms with Gasteiger partial charge in [-0.15, -0.1) is 0 Å². The van der Waals surface area contributed by atoms with Crippen LogP contribution >= 0.6 is 0 Å². The van der Waals surface area contributed by atoms with Crippen LogP contribution in [0.3, 0.4) is 0 Å². The summed E-state index contributed by atoms with van der Waals surface area (Å²) >= 11 is 0. The van der Waals surface area contributed by atoms with Crippen LogP contribution in [0, 0.1) is 0 Å². The smallest absolute Gasteiger partial charge is 0.417 e. The van der Waals surface area contributed by atoms with E-state index < -0.39 is 17.6 Å². The van der Waals surface area contributed by atoms with Crippen LogP contribution in [-0.4, -0.2) is 67.6 Å². The number of ether oxygens (including phenoxy) is 2. The minimum Gasteiger partial charge on any atom is -0.494 e. The second-order valence-electron chi connectivity index (χ2n) is 7.68. The van der Waals surface area contributed by atoms with Crippen LogP contribution in [-0.2, 0) is 11.0 Å². The molecule has 1 N–H and O–H groups in total. The predicted molar refractivity (Wildman–Crippen MR) is 121 cm³/mol. The van der Waals surface area contributed by atoms with E-state index in [4.69, 9.17) is 9.47 Å². The molecule has 1 fully saturated rings. The Kier molecular flexibility index (Phi) is 8.38. The first-order chi connectivity index (χ1) is 16.2. The lowest BCUT2D eigenvalue weighted by atomic mass is 10.1. The Morgan fingerprint density at radius 3 is 2.29 bits per heavy atom. The molecule has 0 aromatic heterocycles. The second-order valence-corrected chi connectivity index (χ2v) is 7.68. The number of nitrogens with zero attached hydrogens (tertiary/aromatic N) is 2. The van der Waals surface area contributed by atoms with Gasteiger partial charge in [-0.25, -0.2) is 0 Å². The van der Waals surface area contributed by atoms with Gasteiger partial charge in [0.05, 0.1) is 36.6 Å². The summed E-state index contributed by atoms with van der Waals surface area (Å²) in [5, 5.41) is 2.83. The number of carbonyl (C=O) groups excluding carboxylic acids is 2. The third-order valence-corrected chi connectivity index (χ3v) is 5.33. The number of nitrogens with one attached hydrogen (secondary N) is 1. The van der Waals surface area contributed by atoms with Crippen molar-refractivity contribution in [2.45, 2.75) is 20.0 Å². The zero-order valence-electron chi connectivity index (χ0n) is 19.2. The summed E-state index contributed by atoms with van der Waals surface area (Å²) in [6, 6.07) is 9.96. The minimum absolute atomic E-state index is 0.0750. The van der Waals surface area contributed by atoms with Crippen molar-refractivity contribution in [3.05, 3.63) is 53.6 Å². The number of hydrogen-bond donors (Lipinski definition) is 1. The molecule has 0 unspecified atom stereocenters. The summed E-state index contributed by atoms with van der Waals surface area (Å²) in [5.74, 6) is 0.202. The second kappa shape index (κ2) is 11.2. The van der Waals surface area contributed by atoms with Gasteiger partial charge in [0.2, 0.25) is 5.91 Å². The van der Waals surface area contributed by atoms with Crippen LogP contribution < -0.4 is 14.8 Å². The van der Waals surface area contributed by atoms with E-state index in [1.807, 2.05) is 18.7 Å². The number of piperazine rings is 1. The fraction of sp³-hybridized carbons (Fsp3) is 0.417. The zero-order valence-corrected chi connectivity index (χ0v) is 19.2. The molecule has 1 aliphatic rings. The maximum atomic E-state index is 13.3. The van der Waals surface area contributed by atoms with Crippen molar-refractivity contribution in [1.82, 2.24) is 9.80 Å². The highest BCUT2D eigenvalue weighted by Gasteiger charge is 2.36. The molecule has 0 saturated carbocycles. The van der Waals surface area contributed by atoms with E-state index in [9.17, 15) is 22.8 Å². The van der Waals surface area contributed by atoms with Crippen LogP contribution in [0.5, 0.6) is 11.5 Å². The van der Waals surface area contributed by atoms with E-state index in [0.717, 1.165) is 6.07 Å². The number of carbonyl (C=O) groups is 2. The summed E-state index contributed by atoms with van der Waals surface area (Å²) in [5.41, 5.74) is -0.810. The molecule has 1 saturated heterocycles. The first-order valence-electron chi connectivity index (χ1n) is 11.1. The Morgan fingerprint density at radius 1 is 0.971 bits per heavy atom. The lowest BCUT2D eigenvalue weighted by Crippen LogP contribution is -2.50. The first kappa shape index (κ1) is 25.4. The zero-order chi connectivity index (χ0) is 24.7. The number of anilines is 1. The van der Waals surface area contributed by atoms with E-state index in [-0.39, 0.29) is 31.1 Å². The van der Waals surface area contributed by atoms with Crippen molar-refractivity contribution in [2.75, 3.05) is 51.3 Å². The fourth-order valence-electron chi connectivity index (χ4n) is 3.73. The van der Waals surface area contributed by atoms with Crippen LogP contribution in [0.25, 0.3) is 0 Å². The van der Waals surface area contributed by atoms with E-state index in [1.54, 1.807) is 18.2 Å². The Balaban J connectivity index is 1.58. The number of hydrogen-bond acceptors (Lipinski definition) is 5. The number of alkyl halides is 3. The Bertz CT molecular complexity index is 1010. The average molecular weight is 479 g/mol. The summed E-state index contributed by atoms with van der Waals surface area (Å²) in [6.45, 7) is 5.88. The highest BCUT2D eigenvalue weighted by atomic mass is 19.4. The number of amides is 2. The van der Waals surface area contributed by atoms with E-state index in [1.165, 1.54) is 23.1 Å². The van der Waals surface area contributed by atoms with Gasteiger partial charge in [0.25, 0.3) is 5.91 Å². The molecule has 2 aromatic carbocycles. The molecule has 7 nitrogen and oxygen atoms in total. The number of rotatable bonds is 8. The van der Waals surface area contributed by atoms with Gasteiger partial charge >= 0.3 is 6.18 Å². The minimum atomic E-state index is -4.61. The van der Waals surface area contributed by atoms with Gasteiger partial charge in [-0.3, -0.25) is 14.5 Å².